The largest absolute Gasteiger partial charge is 0.392 e. The fourth-order valence-corrected chi connectivity index (χ4v) is 3.83. The van der Waals surface area contributed by atoms with Crippen LogP contribution in [0.2, 0.25) is 0 Å². The molecule has 0 bridgehead atoms. The predicted molar refractivity (Wildman–Crippen MR) is 88.8 cm³/mol. The van der Waals surface area contributed by atoms with Gasteiger partial charge in [-0.3, -0.25) is 4.79 Å². The number of rotatable bonds is 3. The van der Waals surface area contributed by atoms with Crippen LogP contribution in [0.3, 0.4) is 0 Å². The number of nitrogens with zero attached hydrogens (tertiary/aromatic N) is 2. The number of ether oxygens (including phenoxy) is 1. The highest BCUT2D eigenvalue weighted by Crippen LogP contribution is 2.51. The van der Waals surface area contributed by atoms with Crippen molar-refractivity contribution in [2.45, 2.75) is 64.6 Å². The molecule has 1 saturated heterocycles. The Kier molecular flexibility index (Phi) is 4.47. The lowest BCUT2D eigenvalue weighted by Gasteiger charge is -2.56. The second-order valence-electron chi connectivity index (χ2n) is 8.05. The van der Waals surface area contributed by atoms with Gasteiger partial charge in [-0.15, -0.1) is 0 Å². The summed E-state index contributed by atoms with van der Waals surface area (Å²) in [5.41, 5.74) is 0.0252. The molecule has 1 N–H and O–H groups in total. The summed E-state index contributed by atoms with van der Waals surface area (Å²) in [4.78, 5) is 14.5. The van der Waals surface area contributed by atoms with Crippen molar-refractivity contribution in [3.05, 3.63) is 17.5 Å². The predicted octanol–water partition coefficient (Wildman–Crippen LogP) is 2.36. The molecule has 6 nitrogen and oxygen atoms in total. The Hall–Kier alpha value is -1.40. The van der Waals surface area contributed by atoms with Gasteiger partial charge in [-0.25, -0.2) is 0 Å². The van der Waals surface area contributed by atoms with E-state index in [1.54, 1.807) is 6.07 Å². The Bertz CT molecular complexity index is 594. The first-order chi connectivity index (χ1) is 11.3. The van der Waals surface area contributed by atoms with E-state index in [2.05, 4.69) is 5.16 Å². The van der Waals surface area contributed by atoms with Gasteiger partial charge in [0.15, 0.2) is 5.69 Å². The van der Waals surface area contributed by atoms with Gasteiger partial charge in [0.2, 0.25) is 0 Å². The SMILES string of the molecule is CCO[C@@H]1C[C@H](O)C12CCN(C(=O)c1cc(C(C)(C)C)on1)CC2. The minimum Gasteiger partial charge on any atom is -0.392 e. The summed E-state index contributed by atoms with van der Waals surface area (Å²) in [6.45, 7) is 9.97. The maximum absolute atomic E-state index is 12.7. The minimum absolute atomic E-state index is 0.0918. The topological polar surface area (TPSA) is 75.8 Å². The molecule has 6 heteroatoms. The Labute approximate surface area is 143 Å². The highest BCUT2D eigenvalue weighted by molar-refractivity contribution is 5.92. The van der Waals surface area contributed by atoms with Gasteiger partial charge in [0.05, 0.1) is 12.2 Å². The lowest BCUT2D eigenvalue weighted by atomic mass is 9.58. The molecule has 2 atom stereocenters. The molecular weight excluding hydrogens is 308 g/mol. The van der Waals surface area contributed by atoms with E-state index >= 15 is 0 Å². The van der Waals surface area contributed by atoms with Crippen molar-refractivity contribution >= 4 is 5.91 Å². The molecule has 1 saturated carbocycles. The molecule has 2 aliphatic rings. The van der Waals surface area contributed by atoms with E-state index < -0.39 is 0 Å². The summed E-state index contributed by atoms with van der Waals surface area (Å²) >= 11 is 0. The number of carbonyl (C=O) groups excluding carboxylic acids is 1. The van der Waals surface area contributed by atoms with Gasteiger partial charge in [0.25, 0.3) is 5.91 Å². The van der Waals surface area contributed by atoms with Crippen molar-refractivity contribution in [2.24, 2.45) is 5.41 Å². The molecule has 1 aliphatic heterocycles. The Morgan fingerprint density at radius 1 is 1.46 bits per heavy atom. The number of carbonyl (C=O) groups is 1. The number of piperidine rings is 1. The summed E-state index contributed by atoms with van der Waals surface area (Å²) in [5.74, 6) is 0.621. The zero-order valence-electron chi connectivity index (χ0n) is 15.0. The first kappa shape index (κ1) is 17.4. The number of amides is 1. The van der Waals surface area contributed by atoms with Crippen LogP contribution in [0.15, 0.2) is 10.6 Å². The highest BCUT2D eigenvalue weighted by atomic mass is 16.5. The number of hydrogen-bond acceptors (Lipinski definition) is 5. The number of aliphatic hydroxyl groups excluding tert-OH is 1. The summed E-state index contributed by atoms with van der Waals surface area (Å²) in [5, 5.41) is 14.2. The summed E-state index contributed by atoms with van der Waals surface area (Å²) in [6.07, 6.45) is 2.06. The molecule has 2 fully saturated rings. The summed E-state index contributed by atoms with van der Waals surface area (Å²) in [6, 6.07) is 1.74. The van der Waals surface area contributed by atoms with Crippen LogP contribution < -0.4 is 0 Å². The summed E-state index contributed by atoms with van der Waals surface area (Å²) in [7, 11) is 0. The first-order valence-electron chi connectivity index (χ1n) is 8.84. The van der Waals surface area contributed by atoms with Crippen molar-refractivity contribution in [3.63, 3.8) is 0 Å². The molecule has 1 amide bonds. The van der Waals surface area contributed by atoms with Crippen LogP contribution in [0, 0.1) is 5.41 Å². The zero-order valence-corrected chi connectivity index (χ0v) is 15.0. The van der Waals surface area contributed by atoms with Gasteiger partial charge >= 0.3 is 0 Å². The average molecular weight is 336 g/mol. The quantitative estimate of drug-likeness (QED) is 0.917. The van der Waals surface area contributed by atoms with E-state index in [-0.39, 0.29) is 28.9 Å². The number of aliphatic hydroxyl groups is 1. The minimum atomic E-state index is -0.314. The third kappa shape index (κ3) is 2.86. The number of aromatic nitrogens is 1. The van der Waals surface area contributed by atoms with Gasteiger partial charge in [-0.05, 0) is 19.8 Å². The molecule has 0 aromatic carbocycles. The molecule has 2 heterocycles. The van der Waals surface area contributed by atoms with Crippen LogP contribution in [0.25, 0.3) is 0 Å². The van der Waals surface area contributed by atoms with Crippen LogP contribution in [-0.4, -0.2) is 53.0 Å². The van der Waals surface area contributed by atoms with Gasteiger partial charge in [0, 0.05) is 43.0 Å². The smallest absolute Gasteiger partial charge is 0.276 e. The summed E-state index contributed by atoms with van der Waals surface area (Å²) < 4.78 is 11.1. The standard InChI is InChI=1S/C18H28N2O4/c1-5-23-15-11-13(21)18(15)6-8-20(9-7-18)16(22)12-10-14(24-19-12)17(2,3)4/h10,13,15,21H,5-9,11H2,1-4H3/t13-,15+/m0/s1. The van der Waals surface area contributed by atoms with E-state index in [4.69, 9.17) is 9.26 Å². The Morgan fingerprint density at radius 2 is 2.12 bits per heavy atom. The van der Waals surface area contributed by atoms with Crippen LogP contribution in [0.1, 0.15) is 63.2 Å². The van der Waals surface area contributed by atoms with E-state index in [9.17, 15) is 9.90 Å². The Balaban J connectivity index is 1.64. The van der Waals surface area contributed by atoms with Crippen LogP contribution in [0.4, 0.5) is 0 Å². The van der Waals surface area contributed by atoms with Gasteiger partial charge in [0.1, 0.15) is 5.76 Å². The van der Waals surface area contributed by atoms with Gasteiger partial charge in [-0.2, -0.15) is 0 Å². The third-order valence-corrected chi connectivity index (χ3v) is 5.56. The van der Waals surface area contributed by atoms with E-state index in [1.807, 2.05) is 32.6 Å². The second kappa shape index (κ2) is 6.15. The van der Waals surface area contributed by atoms with E-state index in [0.717, 1.165) is 12.8 Å². The third-order valence-electron chi connectivity index (χ3n) is 5.56. The molecule has 3 rings (SSSR count). The lowest BCUT2D eigenvalue weighted by molar-refractivity contribution is -0.207. The van der Waals surface area contributed by atoms with Crippen molar-refractivity contribution in [3.8, 4) is 0 Å². The average Bonchev–Trinajstić information content (AvgIpc) is 3.04. The molecule has 1 aromatic rings. The van der Waals surface area contributed by atoms with Crippen LogP contribution in [-0.2, 0) is 10.2 Å². The number of hydrogen-bond donors (Lipinski definition) is 1. The maximum Gasteiger partial charge on any atom is 0.276 e. The highest BCUT2D eigenvalue weighted by Gasteiger charge is 2.56. The lowest BCUT2D eigenvalue weighted by Crippen LogP contribution is -2.62. The zero-order chi connectivity index (χ0) is 17.5. The van der Waals surface area contributed by atoms with Crippen molar-refractivity contribution < 1.29 is 19.2 Å². The fraction of sp³-hybridized carbons (Fsp3) is 0.778. The Morgan fingerprint density at radius 3 is 2.62 bits per heavy atom. The van der Waals surface area contributed by atoms with E-state index in [1.165, 1.54) is 0 Å². The second-order valence-corrected chi connectivity index (χ2v) is 8.05. The molecule has 24 heavy (non-hydrogen) atoms. The van der Waals surface area contributed by atoms with Crippen molar-refractivity contribution in [2.75, 3.05) is 19.7 Å². The monoisotopic (exact) mass is 336 g/mol. The molecule has 0 unspecified atom stereocenters. The van der Waals surface area contributed by atoms with Crippen LogP contribution in [0.5, 0.6) is 0 Å². The van der Waals surface area contributed by atoms with Crippen molar-refractivity contribution in [1.82, 2.24) is 10.1 Å². The van der Waals surface area contributed by atoms with Gasteiger partial charge in [-0.1, -0.05) is 25.9 Å². The normalized spacial score (nSPS) is 26.5. The van der Waals surface area contributed by atoms with Gasteiger partial charge < -0.3 is 19.3 Å². The molecular formula is C18H28N2O4. The first-order valence-corrected chi connectivity index (χ1v) is 8.84. The number of likely N-dealkylation sites (tertiary alicyclic amines) is 1. The maximum atomic E-state index is 12.7. The van der Waals surface area contributed by atoms with E-state index in [0.29, 0.717) is 37.6 Å². The van der Waals surface area contributed by atoms with Crippen LogP contribution >= 0.6 is 0 Å². The molecule has 1 spiro atoms. The van der Waals surface area contributed by atoms with Crippen molar-refractivity contribution in [1.29, 1.82) is 0 Å². The molecule has 1 aliphatic carbocycles. The molecule has 1 aromatic heterocycles. The molecule has 134 valence electrons. The fourth-order valence-electron chi connectivity index (χ4n) is 3.83. The molecule has 0 radical (unpaired) electrons.